The maximum Gasteiger partial charge on any atom is 0.266 e. The first kappa shape index (κ1) is 19.4. The van der Waals surface area contributed by atoms with Crippen LogP contribution in [0.3, 0.4) is 0 Å². The second-order valence-electron chi connectivity index (χ2n) is 6.63. The number of nitrogens with zero attached hydrogens (tertiary/aromatic N) is 2. The van der Waals surface area contributed by atoms with E-state index in [-0.39, 0.29) is 5.56 Å². The molecule has 0 aliphatic carbocycles. The van der Waals surface area contributed by atoms with Crippen molar-refractivity contribution in [1.29, 1.82) is 0 Å². The zero-order chi connectivity index (χ0) is 20.4. The zero-order valence-electron chi connectivity index (χ0n) is 16.1. The molecule has 4 rings (SSSR count). The quantitative estimate of drug-likeness (QED) is 0.353. The number of benzene rings is 3. The van der Waals surface area contributed by atoms with E-state index in [9.17, 15) is 4.79 Å². The minimum Gasteiger partial charge on any atom is -0.495 e. The van der Waals surface area contributed by atoms with E-state index in [0.717, 1.165) is 14.7 Å². The van der Waals surface area contributed by atoms with Gasteiger partial charge in [0.15, 0.2) is 0 Å². The molecule has 0 atom stereocenters. The van der Waals surface area contributed by atoms with E-state index in [1.54, 1.807) is 11.7 Å². The van der Waals surface area contributed by atoms with Crippen LogP contribution in [-0.4, -0.2) is 16.7 Å². The highest BCUT2D eigenvalue weighted by molar-refractivity contribution is 14.1. The highest BCUT2D eigenvalue weighted by Crippen LogP contribution is 2.24. The molecule has 4 nitrogen and oxygen atoms in total. The molecule has 0 N–H and O–H groups in total. The van der Waals surface area contributed by atoms with Crippen LogP contribution in [0.25, 0.3) is 28.7 Å². The lowest BCUT2D eigenvalue weighted by atomic mass is 10.1. The lowest BCUT2D eigenvalue weighted by Crippen LogP contribution is -2.23. The number of hydrogen-bond donors (Lipinski definition) is 0. The van der Waals surface area contributed by atoms with Gasteiger partial charge in [0, 0.05) is 3.57 Å². The number of hydrogen-bond acceptors (Lipinski definition) is 3. The Bertz CT molecular complexity index is 1290. The van der Waals surface area contributed by atoms with Gasteiger partial charge in [0.2, 0.25) is 0 Å². The summed E-state index contributed by atoms with van der Waals surface area (Å²) >= 11 is 2.21. The second-order valence-corrected chi connectivity index (χ2v) is 7.88. The number of aryl methyl sites for hydroxylation is 1. The molecular weight excluding hydrogens is 475 g/mol. The highest BCUT2D eigenvalue weighted by atomic mass is 127. The topological polar surface area (TPSA) is 44.1 Å². The van der Waals surface area contributed by atoms with Crippen LogP contribution in [0.1, 0.15) is 17.0 Å². The first-order valence-corrected chi connectivity index (χ1v) is 10.3. The molecule has 0 bridgehead atoms. The van der Waals surface area contributed by atoms with Gasteiger partial charge in [0.25, 0.3) is 5.56 Å². The molecule has 5 heteroatoms. The van der Waals surface area contributed by atoms with Crippen molar-refractivity contribution in [3.8, 4) is 11.4 Å². The predicted octanol–water partition coefficient (Wildman–Crippen LogP) is 5.48. The molecule has 1 aromatic heterocycles. The Morgan fingerprint density at radius 3 is 2.55 bits per heavy atom. The summed E-state index contributed by atoms with van der Waals surface area (Å²) in [6.45, 7) is 2.06. The van der Waals surface area contributed by atoms with Crippen LogP contribution < -0.4 is 10.3 Å². The van der Waals surface area contributed by atoms with Crippen LogP contribution in [0.2, 0.25) is 0 Å². The maximum atomic E-state index is 13.5. The van der Waals surface area contributed by atoms with Gasteiger partial charge in [-0.1, -0.05) is 42.5 Å². The predicted molar refractivity (Wildman–Crippen MR) is 127 cm³/mol. The summed E-state index contributed by atoms with van der Waals surface area (Å²) in [6, 6.07) is 21.3. The summed E-state index contributed by atoms with van der Waals surface area (Å²) in [5.41, 5.74) is 3.45. The Morgan fingerprint density at radius 2 is 1.76 bits per heavy atom. The molecule has 0 saturated heterocycles. The smallest absolute Gasteiger partial charge is 0.266 e. The summed E-state index contributed by atoms with van der Waals surface area (Å²) in [5.74, 6) is 1.17. The fourth-order valence-electron chi connectivity index (χ4n) is 3.27. The Morgan fingerprint density at radius 1 is 1.00 bits per heavy atom. The summed E-state index contributed by atoms with van der Waals surface area (Å²) in [4.78, 5) is 18.3. The Kier molecular flexibility index (Phi) is 5.49. The van der Waals surface area contributed by atoms with Gasteiger partial charge in [-0.2, -0.15) is 0 Å². The van der Waals surface area contributed by atoms with E-state index >= 15 is 0 Å². The normalized spacial score (nSPS) is 11.3. The van der Waals surface area contributed by atoms with Gasteiger partial charge < -0.3 is 4.74 Å². The molecule has 0 saturated carbocycles. The van der Waals surface area contributed by atoms with E-state index in [1.807, 2.05) is 72.8 Å². The average Bonchev–Trinajstić information content (AvgIpc) is 2.74. The first-order chi connectivity index (χ1) is 14.1. The number of rotatable bonds is 4. The molecule has 0 unspecified atom stereocenters. The third-order valence-corrected chi connectivity index (χ3v) is 5.45. The first-order valence-electron chi connectivity index (χ1n) is 9.18. The Labute approximate surface area is 182 Å². The molecule has 0 amide bonds. The molecule has 0 aliphatic heterocycles. The molecule has 0 spiro atoms. The SMILES string of the molecule is COc1ccccc1-n1c(C=Cc2ccccc2C)nc2ccc(I)cc2c1=O. The van der Waals surface area contributed by atoms with E-state index < -0.39 is 0 Å². The standard InChI is InChI=1S/C24H19IN2O2/c1-16-7-3-4-8-17(16)11-14-23-26-20-13-12-18(25)15-19(20)24(28)27(23)21-9-5-6-10-22(21)29-2/h3-15H,1-2H3. The van der Waals surface area contributed by atoms with Crippen LogP contribution in [0, 0.1) is 10.5 Å². The summed E-state index contributed by atoms with van der Waals surface area (Å²) < 4.78 is 8.12. The molecule has 144 valence electrons. The van der Waals surface area contributed by atoms with Crippen molar-refractivity contribution < 1.29 is 4.74 Å². The van der Waals surface area contributed by atoms with Gasteiger partial charge in [-0.15, -0.1) is 0 Å². The van der Waals surface area contributed by atoms with Crippen LogP contribution in [0.5, 0.6) is 5.75 Å². The lowest BCUT2D eigenvalue weighted by molar-refractivity contribution is 0.412. The molecule has 0 aliphatic rings. The summed E-state index contributed by atoms with van der Waals surface area (Å²) in [5, 5.41) is 0.579. The van der Waals surface area contributed by atoms with Crippen LogP contribution >= 0.6 is 22.6 Å². The highest BCUT2D eigenvalue weighted by Gasteiger charge is 2.14. The van der Waals surface area contributed by atoms with Crippen molar-refractivity contribution in [2.75, 3.05) is 7.11 Å². The zero-order valence-corrected chi connectivity index (χ0v) is 18.3. The van der Waals surface area contributed by atoms with Gasteiger partial charge in [0.05, 0.1) is 23.7 Å². The lowest BCUT2D eigenvalue weighted by Gasteiger charge is -2.14. The Balaban J connectivity index is 2.01. The van der Waals surface area contributed by atoms with Crippen molar-refractivity contribution in [1.82, 2.24) is 9.55 Å². The largest absolute Gasteiger partial charge is 0.495 e. The third-order valence-electron chi connectivity index (χ3n) is 4.78. The summed E-state index contributed by atoms with van der Waals surface area (Å²) in [6.07, 6.45) is 3.87. The molecule has 0 fully saturated rings. The van der Waals surface area contributed by atoms with E-state index in [1.165, 1.54) is 0 Å². The number of methoxy groups -OCH3 is 1. The van der Waals surface area contributed by atoms with Gasteiger partial charge in [0.1, 0.15) is 11.6 Å². The molecular formula is C24H19IN2O2. The molecule has 29 heavy (non-hydrogen) atoms. The van der Waals surface area contributed by atoms with E-state index in [2.05, 4.69) is 35.6 Å². The van der Waals surface area contributed by atoms with E-state index in [0.29, 0.717) is 28.2 Å². The molecule has 3 aromatic carbocycles. The fourth-order valence-corrected chi connectivity index (χ4v) is 3.76. The van der Waals surface area contributed by atoms with Crippen molar-refractivity contribution in [2.45, 2.75) is 6.92 Å². The van der Waals surface area contributed by atoms with Gasteiger partial charge in [-0.25, -0.2) is 4.98 Å². The number of para-hydroxylation sites is 2. The second kappa shape index (κ2) is 8.21. The Hall–Kier alpha value is -2.93. The fraction of sp³-hybridized carbons (Fsp3) is 0.0833. The van der Waals surface area contributed by atoms with Gasteiger partial charge >= 0.3 is 0 Å². The summed E-state index contributed by atoms with van der Waals surface area (Å²) in [7, 11) is 1.60. The minimum absolute atomic E-state index is 0.123. The van der Waals surface area contributed by atoms with Crippen molar-refractivity contribution in [3.05, 3.63) is 97.6 Å². The molecule has 1 heterocycles. The monoisotopic (exact) mass is 494 g/mol. The number of ether oxygens (including phenoxy) is 1. The number of fused-ring (bicyclic) bond motifs is 1. The molecule has 0 radical (unpaired) electrons. The van der Waals surface area contributed by atoms with Crippen molar-refractivity contribution in [2.24, 2.45) is 0 Å². The van der Waals surface area contributed by atoms with Gasteiger partial charge in [-0.3, -0.25) is 9.36 Å². The van der Waals surface area contributed by atoms with Gasteiger partial charge in [-0.05, 0) is 77.0 Å². The molecule has 4 aromatic rings. The van der Waals surface area contributed by atoms with Crippen molar-refractivity contribution >= 4 is 45.6 Å². The van der Waals surface area contributed by atoms with Crippen LogP contribution in [0.4, 0.5) is 0 Å². The van der Waals surface area contributed by atoms with Crippen LogP contribution in [-0.2, 0) is 0 Å². The number of aromatic nitrogens is 2. The maximum absolute atomic E-state index is 13.5. The number of halogens is 1. The third kappa shape index (κ3) is 3.82. The minimum atomic E-state index is -0.123. The average molecular weight is 494 g/mol. The van der Waals surface area contributed by atoms with E-state index in [4.69, 9.17) is 9.72 Å². The van der Waals surface area contributed by atoms with Crippen molar-refractivity contribution in [3.63, 3.8) is 0 Å². The van der Waals surface area contributed by atoms with Crippen LogP contribution in [0.15, 0.2) is 71.5 Å².